The van der Waals surface area contributed by atoms with E-state index in [1.807, 2.05) is 6.92 Å². The lowest BCUT2D eigenvalue weighted by atomic mass is 9.33. The lowest BCUT2D eigenvalue weighted by Gasteiger charge is -2.72. The highest BCUT2D eigenvalue weighted by atomic mass is 16.8. The number of fused-ring (bicyclic) bond motifs is 7. The van der Waals surface area contributed by atoms with E-state index in [0.717, 1.165) is 5.57 Å². The van der Waals surface area contributed by atoms with Crippen LogP contribution in [0.15, 0.2) is 11.6 Å². The molecule has 0 radical (unpaired) electrons. The fourth-order valence-corrected chi connectivity index (χ4v) is 18.1. The first kappa shape index (κ1) is 70.9. The first-order valence-corrected chi connectivity index (χ1v) is 31.6. The number of ether oxygens (including phenoxy) is 10. The quantitative estimate of drug-likeness (QED) is 0.0388. The van der Waals surface area contributed by atoms with Gasteiger partial charge in [0.15, 0.2) is 25.2 Å². The van der Waals surface area contributed by atoms with Gasteiger partial charge in [-0.1, -0.05) is 53.2 Å². The molecule has 0 bridgehead atoms. The molecule has 4 saturated carbocycles. The Labute approximate surface area is 520 Å². The molecule has 35 unspecified atom stereocenters. The van der Waals surface area contributed by atoms with E-state index in [1.165, 1.54) is 0 Å². The van der Waals surface area contributed by atoms with Gasteiger partial charge in [0.1, 0.15) is 127 Å². The molecule has 5 aliphatic heterocycles. The van der Waals surface area contributed by atoms with Crippen LogP contribution >= 0.6 is 0 Å². The summed E-state index contributed by atoms with van der Waals surface area (Å²) in [5, 5.41) is 208. The van der Waals surface area contributed by atoms with E-state index in [9.17, 15) is 102 Å². The van der Waals surface area contributed by atoms with Gasteiger partial charge in [0, 0.05) is 5.41 Å². The molecule has 0 aromatic rings. The van der Waals surface area contributed by atoms with Gasteiger partial charge in [-0.2, -0.15) is 0 Å². The number of aliphatic hydroxyl groups excluding tert-OH is 19. The van der Waals surface area contributed by atoms with Crippen molar-refractivity contribution in [2.24, 2.45) is 50.2 Å². The van der Waals surface area contributed by atoms with Crippen LogP contribution in [-0.2, 0) is 52.2 Å². The highest BCUT2D eigenvalue weighted by Crippen LogP contribution is 2.76. The van der Waals surface area contributed by atoms with Gasteiger partial charge in [-0.15, -0.1) is 0 Å². The Morgan fingerprint density at radius 2 is 0.922 bits per heavy atom. The highest BCUT2D eigenvalue weighted by Gasteiger charge is 2.73. The van der Waals surface area contributed by atoms with Crippen molar-refractivity contribution in [1.29, 1.82) is 0 Å². The van der Waals surface area contributed by atoms with Crippen LogP contribution in [0.1, 0.15) is 99.3 Å². The van der Waals surface area contributed by atoms with E-state index in [0.29, 0.717) is 38.5 Å². The molecule has 5 aliphatic carbocycles. The second-order valence-electron chi connectivity index (χ2n) is 29.0. The van der Waals surface area contributed by atoms with E-state index < -0.39 is 244 Å². The summed E-state index contributed by atoms with van der Waals surface area (Å²) in [5.41, 5.74) is -3.80. The minimum atomic E-state index is -2.17. The molecule has 9 fully saturated rings. The third kappa shape index (κ3) is 11.6. The molecular formula is C60H98O30. The lowest BCUT2D eigenvalue weighted by Crippen LogP contribution is -2.70. The number of esters is 1. The number of carbonyl (C=O) groups is 1. The SMILES string of the molecule is CC1(C)CCC2(C(=O)OC3OC(CO)C(O)C(O)C3O)C(O)CC3(C)C(=CCC4C5(C)CCC(OC6OC(CO)C(O)C(OC7OC(CO)C(O)C(OC8OC(CO)C(O)C(O)C8O)C7O)C6OC6OC(CO)C(O)C(O)C6O)C(C)(CO)C5CCC43C)C2C1. The molecule has 0 amide bonds. The third-order valence-electron chi connectivity index (χ3n) is 23.7. The van der Waals surface area contributed by atoms with Gasteiger partial charge >= 0.3 is 5.97 Å². The topological polar surface area (TPSA) is 494 Å². The average Bonchev–Trinajstić information content (AvgIpc) is 0.673. The molecular weight excluding hydrogens is 1200 g/mol. The Hall–Kier alpha value is -1.91. The third-order valence-corrected chi connectivity index (χ3v) is 23.7. The first-order valence-electron chi connectivity index (χ1n) is 31.6. The largest absolute Gasteiger partial charge is 0.432 e. The van der Waals surface area contributed by atoms with Crippen LogP contribution in [0.25, 0.3) is 0 Å². The maximum atomic E-state index is 14.9. The molecule has 5 saturated heterocycles. The molecule has 0 aromatic heterocycles. The van der Waals surface area contributed by atoms with Crippen LogP contribution in [-0.4, -0.2) is 308 Å². The molecule has 30 nitrogen and oxygen atoms in total. The molecule has 10 aliphatic rings. The zero-order chi connectivity index (χ0) is 65.9. The van der Waals surface area contributed by atoms with E-state index in [1.54, 1.807) is 0 Å². The van der Waals surface area contributed by atoms with Crippen molar-refractivity contribution in [3.8, 4) is 0 Å². The average molecular weight is 1300 g/mol. The predicted molar refractivity (Wildman–Crippen MR) is 298 cm³/mol. The van der Waals surface area contributed by atoms with Gasteiger partial charge < -0.3 is 144 Å². The fourth-order valence-electron chi connectivity index (χ4n) is 18.1. The number of hydrogen-bond donors (Lipinski definition) is 19. The summed E-state index contributed by atoms with van der Waals surface area (Å²) in [5.74, 6) is -1.81. The monoisotopic (exact) mass is 1300 g/mol. The first-order chi connectivity index (χ1) is 42.3. The maximum Gasteiger partial charge on any atom is 0.317 e. The summed E-state index contributed by atoms with van der Waals surface area (Å²) in [6.45, 7) is 7.77. The Morgan fingerprint density at radius 3 is 1.44 bits per heavy atom. The number of allylic oxidation sites excluding steroid dienone is 2. The van der Waals surface area contributed by atoms with E-state index in [2.05, 4.69) is 40.7 Å². The lowest BCUT2D eigenvalue weighted by molar-refractivity contribution is -0.405. The Kier molecular flexibility index (Phi) is 20.9. The van der Waals surface area contributed by atoms with Crippen molar-refractivity contribution < 1.29 is 149 Å². The fraction of sp³-hybridized carbons (Fsp3) is 0.950. The minimum absolute atomic E-state index is 0.113. The van der Waals surface area contributed by atoms with Crippen LogP contribution in [0, 0.1) is 50.2 Å². The zero-order valence-electron chi connectivity index (χ0n) is 51.5. The number of hydrogen-bond acceptors (Lipinski definition) is 30. The highest BCUT2D eigenvalue weighted by molar-refractivity contribution is 5.80. The van der Waals surface area contributed by atoms with Gasteiger partial charge in [-0.05, 0) is 97.2 Å². The van der Waals surface area contributed by atoms with Crippen molar-refractivity contribution in [2.45, 2.75) is 265 Å². The Bertz CT molecular complexity index is 2490. The van der Waals surface area contributed by atoms with Crippen LogP contribution in [0.2, 0.25) is 0 Å². The van der Waals surface area contributed by atoms with E-state index in [-0.39, 0.29) is 36.5 Å². The second-order valence-corrected chi connectivity index (χ2v) is 29.0. The summed E-state index contributed by atoms with van der Waals surface area (Å²) in [6.07, 6.45) is -42.5. The second kappa shape index (κ2) is 26.5. The van der Waals surface area contributed by atoms with E-state index in [4.69, 9.17) is 47.4 Å². The summed E-state index contributed by atoms with van der Waals surface area (Å²) < 4.78 is 60.4. The van der Waals surface area contributed by atoms with Gasteiger partial charge in [0.25, 0.3) is 0 Å². The summed E-state index contributed by atoms with van der Waals surface area (Å²) in [7, 11) is 0. The summed E-state index contributed by atoms with van der Waals surface area (Å²) in [4.78, 5) is 14.9. The zero-order valence-corrected chi connectivity index (χ0v) is 51.5. The van der Waals surface area contributed by atoms with Crippen LogP contribution in [0.3, 0.4) is 0 Å². The van der Waals surface area contributed by atoms with Gasteiger partial charge in [0.2, 0.25) is 6.29 Å². The van der Waals surface area contributed by atoms with Crippen molar-refractivity contribution in [3.05, 3.63) is 11.6 Å². The number of rotatable bonds is 16. The molecule has 30 heteroatoms. The van der Waals surface area contributed by atoms with Crippen molar-refractivity contribution in [1.82, 2.24) is 0 Å². The molecule has 5 heterocycles. The summed E-state index contributed by atoms with van der Waals surface area (Å²) >= 11 is 0. The van der Waals surface area contributed by atoms with Crippen LogP contribution in [0.4, 0.5) is 0 Å². The maximum absolute atomic E-state index is 14.9. The molecule has 10 rings (SSSR count). The number of carbonyl (C=O) groups excluding carboxylic acids is 1. The number of aliphatic hydroxyl groups is 19. The van der Waals surface area contributed by atoms with Crippen molar-refractivity contribution in [2.75, 3.05) is 39.6 Å². The van der Waals surface area contributed by atoms with Crippen LogP contribution in [0.5, 0.6) is 0 Å². The van der Waals surface area contributed by atoms with E-state index >= 15 is 0 Å². The van der Waals surface area contributed by atoms with Gasteiger partial charge in [0.05, 0.1) is 51.8 Å². The molecule has 0 aromatic carbocycles. The van der Waals surface area contributed by atoms with Crippen molar-refractivity contribution >= 4 is 5.97 Å². The standard InChI is InChI=1S/C60H98O30/c1-55(2)13-14-60(54(80)90-51-44(78)41(75)36(70)27(19-63)83-51)24(15-55)23-7-8-31-56(3)11-10-33(57(4,22-66)30(56)9-12-58(31,5)59(23,6)16-32(60)67)86-53-48(89-50-43(77)40(74)35(69)26(18-62)82-50)47(38(72)29(21-65)85-53)88-52-45(79)46(37(71)28(20-64)84-52)87-49-42(76)39(73)34(68)25(17-61)81-49/h7,24-53,61-79H,8-22H2,1-6H3. The molecule has 90 heavy (non-hydrogen) atoms. The normalized spacial score (nSPS) is 54.5. The summed E-state index contributed by atoms with van der Waals surface area (Å²) in [6, 6.07) is 0. The Balaban J connectivity index is 0.948. The molecule has 518 valence electrons. The molecule has 35 atom stereocenters. The smallest absolute Gasteiger partial charge is 0.317 e. The predicted octanol–water partition coefficient (Wildman–Crippen LogP) is -6.27. The van der Waals surface area contributed by atoms with Gasteiger partial charge in [-0.3, -0.25) is 4.79 Å². The van der Waals surface area contributed by atoms with Crippen LogP contribution < -0.4 is 0 Å². The van der Waals surface area contributed by atoms with Gasteiger partial charge in [-0.25, -0.2) is 0 Å². The minimum Gasteiger partial charge on any atom is -0.432 e. The van der Waals surface area contributed by atoms with Crippen molar-refractivity contribution in [3.63, 3.8) is 0 Å². The Morgan fingerprint density at radius 1 is 0.467 bits per heavy atom. The molecule has 19 N–H and O–H groups in total. The molecule has 0 spiro atoms.